The fourth-order valence-electron chi connectivity index (χ4n) is 3.09. The number of fused-ring (bicyclic) bond motifs is 1. The zero-order chi connectivity index (χ0) is 14.8. The molecule has 2 N–H and O–H groups in total. The Morgan fingerprint density at radius 3 is 2.67 bits per heavy atom. The normalized spacial score (nSPS) is 18.1. The van der Waals surface area contributed by atoms with E-state index in [9.17, 15) is 0 Å². The van der Waals surface area contributed by atoms with Gasteiger partial charge in [0.2, 0.25) is 0 Å². The number of hydrogen-bond donors (Lipinski definition) is 1. The number of piperazine rings is 1. The highest BCUT2D eigenvalue weighted by Gasteiger charge is 2.21. The maximum atomic E-state index is 5.86. The molecule has 1 aromatic heterocycles. The highest BCUT2D eigenvalue weighted by molar-refractivity contribution is 5.93. The van der Waals surface area contributed by atoms with Gasteiger partial charge < -0.3 is 10.6 Å². The van der Waals surface area contributed by atoms with Crippen molar-refractivity contribution < 1.29 is 0 Å². The first-order chi connectivity index (χ1) is 10.2. The second-order valence-corrected chi connectivity index (χ2v) is 5.89. The maximum absolute atomic E-state index is 5.86. The first-order valence-corrected chi connectivity index (χ1v) is 7.82. The monoisotopic (exact) mass is 284 g/mol. The van der Waals surface area contributed by atoms with Crippen LogP contribution in [0.5, 0.6) is 0 Å². The second kappa shape index (κ2) is 5.90. The number of pyridine rings is 1. The van der Waals surface area contributed by atoms with E-state index in [0.29, 0.717) is 6.04 Å². The molecule has 21 heavy (non-hydrogen) atoms. The quantitative estimate of drug-likeness (QED) is 0.880. The third kappa shape index (κ3) is 2.81. The molecule has 1 aliphatic heterocycles. The second-order valence-electron chi connectivity index (χ2n) is 5.89. The van der Waals surface area contributed by atoms with Crippen molar-refractivity contribution in [1.82, 2.24) is 9.88 Å². The number of aromatic nitrogens is 1. The molecule has 1 unspecified atom stereocenters. The molecule has 0 amide bonds. The van der Waals surface area contributed by atoms with E-state index in [2.05, 4.69) is 40.8 Å². The van der Waals surface area contributed by atoms with E-state index in [1.807, 2.05) is 18.3 Å². The summed E-state index contributed by atoms with van der Waals surface area (Å²) in [6.45, 7) is 9.00. The van der Waals surface area contributed by atoms with E-state index in [1.165, 1.54) is 17.5 Å². The van der Waals surface area contributed by atoms with Crippen molar-refractivity contribution in [3.05, 3.63) is 30.5 Å². The molecular formula is C17H24N4. The van der Waals surface area contributed by atoms with Gasteiger partial charge in [0.25, 0.3) is 0 Å². The van der Waals surface area contributed by atoms with E-state index in [0.717, 1.165) is 37.4 Å². The molecule has 0 spiro atoms. The molecule has 4 heteroatoms. The van der Waals surface area contributed by atoms with Gasteiger partial charge in [-0.25, -0.2) is 0 Å². The lowest BCUT2D eigenvalue weighted by molar-refractivity contribution is 0.193. The topological polar surface area (TPSA) is 45.4 Å². The molecule has 1 aliphatic rings. The van der Waals surface area contributed by atoms with Crippen LogP contribution in [0.2, 0.25) is 0 Å². The zero-order valence-electron chi connectivity index (χ0n) is 12.9. The van der Waals surface area contributed by atoms with Gasteiger partial charge in [-0.2, -0.15) is 0 Å². The minimum absolute atomic E-state index is 0.682. The molecule has 112 valence electrons. The van der Waals surface area contributed by atoms with Gasteiger partial charge in [0.1, 0.15) is 0 Å². The summed E-state index contributed by atoms with van der Waals surface area (Å²) in [7, 11) is 0. The average molecular weight is 284 g/mol. The molecule has 1 fully saturated rings. The van der Waals surface area contributed by atoms with Crippen molar-refractivity contribution in [2.75, 3.05) is 36.8 Å². The Hall–Kier alpha value is -1.81. The number of nitrogens with two attached hydrogens (primary N) is 1. The molecule has 2 aromatic rings. The van der Waals surface area contributed by atoms with Crippen LogP contribution in [0.15, 0.2) is 30.5 Å². The van der Waals surface area contributed by atoms with E-state index < -0.39 is 0 Å². The van der Waals surface area contributed by atoms with Crippen LogP contribution in [-0.2, 0) is 0 Å². The molecule has 0 saturated carbocycles. The summed E-state index contributed by atoms with van der Waals surface area (Å²) in [5.41, 5.74) is 8.90. The van der Waals surface area contributed by atoms with Gasteiger partial charge in [-0.1, -0.05) is 6.92 Å². The van der Waals surface area contributed by atoms with Crippen molar-refractivity contribution in [3.63, 3.8) is 0 Å². The highest BCUT2D eigenvalue weighted by Crippen LogP contribution is 2.27. The Morgan fingerprint density at radius 1 is 1.19 bits per heavy atom. The van der Waals surface area contributed by atoms with Gasteiger partial charge in [0, 0.05) is 55.2 Å². The van der Waals surface area contributed by atoms with Crippen LogP contribution in [-0.4, -0.2) is 42.1 Å². The van der Waals surface area contributed by atoms with E-state index >= 15 is 0 Å². The van der Waals surface area contributed by atoms with Crippen molar-refractivity contribution in [2.24, 2.45) is 0 Å². The largest absolute Gasteiger partial charge is 0.399 e. The summed E-state index contributed by atoms with van der Waals surface area (Å²) < 4.78 is 0. The van der Waals surface area contributed by atoms with Crippen LogP contribution in [0.1, 0.15) is 20.3 Å². The lowest BCUT2D eigenvalue weighted by atomic mass is 10.1. The summed E-state index contributed by atoms with van der Waals surface area (Å²) in [6, 6.07) is 8.81. The van der Waals surface area contributed by atoms with Crippen LogP contribution in [0, 0.1) is 0 Å². The first-order valence-electron chi connectivity index (χ1n) is 7.82. The molecule has 4 nitrogen and oxygen atoms in total. The predicted octanol–water partition coefficient (Wildman–Crippen LogP) is 2.74. The average Bonchev–Trinajstić information content (AvgIpc) is 2.53. The molecule has 1 atom stereocenters. The Bertz CT molecular complexity index is 617. The molecule has 3 rings (SSSR count). The lowest BCUT2D eigenvalue weighted by Crippen LogP contribution is -2.49. The van der Waals surface area contributed by atoms with Gasteiger partial charge in [-0.15, -0.1) is 0 Å². The van der Waals surface area contributed by atoms with Gasteiger partial charge in [-0.05, 0) is 37.6 Å². The lowest BCUT2D eigenvalue weighted by Gasteiger charge is -2.39. The van der Waals surface area contributed by atoms with Crippen molar-refractivity contribution >= 4 is 22.3 Å². The minimum atomic E-state index is 0.682. The molecule has 0 aliphatic carbocycles. The molecule has 2 heterocycles. The highest BCUT2D eigenvalue weighted by atomic mass is 15.3. The Balaban J connectivity index is 1.82. The predicted molar refractivity (Wildman–Crippen MR) is 89.7 cm³/mol. The number of nitrogens with zero attached hydrogens (tertiary/aromatic N) is 3. The number of hydrogen-bond acceptors (Lipinski definition) is 4. The number of benzene rings is 1. The smallest absolute Gasteiger partial charge is 0.0743 e. The van der Waals surface area contributed by atoms with Crippen LogP contribution in [0.25, 0.3) is 10.9 Å². The minimum Gasteiger partial charge on any atom is -0.399 e. The van der Waals surface area contributed by atoms with Crippen LogP contribution < -0.4 is 10.6 Å². The number of anilines is 2. The van der Waals surface area contributed by atoms with Gasteiger partial charge >= 0.3 is 0 Å². The Morgan fingerprint density at radius 2 is 1.95 bits per heavy atom. The summed E-state index contributed by atoms with van der Waals surface area (Å²) in [6.07, 6.45) is 3.11. The van der Waals surface area contributed by atoms with E-state index in [1.54, 1.807) is 0 Å². The molecule has 0 radical (unpaired) electrons. The maximum Gasteiger partial charge on any atom is 0.0743 e. The summed E-state index contributed by atoms with van der Waals surface area (Å²) in [4.78, 5) is 9.49. The molecule has 1 aromatic carbocycles. The molecule has 0 bridgehead atoms. The summed E-state index contributed by atoms with van der Waals surface area (Å²) >= 11 is 0. The first kappa shape index (κ1) is 14.1. The van der Waals surface area contributed by atoms with Crippen molar-refractivity contribution in [2.45, 2.75) is 26.3 Å². The standard InChI is InChI=1S/C17H24N4/c1-3-13(2)20-8-10-21(11-9-20)17-6-7-19-16-12-14(18)4-5-15(16)17/h4-7,12-13H,3,8-11,18H2,1-2H3. The van der Waals surface area contributed by atoms with Gasteiger partial charge in [-0.3, -0.25) is 9.88 Å². The van der Waals surface area contributed by atoms with Crippen molar-refractivity contribution in [1.29, 1.82) is 0 Å². The fraction of sp³-hybridized carbons (Fsp3) is 0.471. The number of nitrogen functional groups attached to an aromatic ring is 1. The summed E-state index contributed by atoms with van der Waals surface area (Å²) in [5, 5.41) is 1.20. The third-order valence-electron chi connectivity index (χ3n) is 4.61. The molecular weight excluding hydrogens is 260 g/mol. The Labute approximate surface area is 126 Å². The van der Waals surface area contributed by atoms with E-state index in [4.69, 9.17) is 5.73 Å². The van der Waals surface area contributed by atoms with Crippen LogP contribution >= 0.6 is 0 Å². The SMILES string of the molecule is CCC(C)N1CCN(c2ccnc3cc(N)ccc23)CC1. The third-order valence-corrected chi connectivity index (χ3v) is 4.61. The van der Waals surface area contributed by atoms with Gasteiger partial charge in [0.15, 0.2) is 0 Å². The van der Waals surface area contributed by atoms with Crippen LogP contribution in [0.3, 0.4) is 0 Å². The zero-order valence-corrected chi connectivity index (χ0v) is 12.9. The Kier molecular flexibility index (Phi) is 3.97. The summed E-state index contributed by atoms with van der Waals surface area (Å²) in [5.74, 6) is 0. The fourth-order valence-corrected chi connectivity index (χ4v) is 3.09. The van der Waals surface area contributed by atoms with Gasteiger partial charge in [0.05, 0.1) is 5.52 Å². The van der Waals surface area contributed by atoms with Crippen LogP contribution in [0.4, 0.5) is 11.4 Å². The molecule has 1 saturated heterocycles. The van der Waals surface area contributed by atoms with E-state index in [-0.39, 0.29) is 0 Å². The van der Waals surface area contributed by atoms with Crippen molar-refractivity contribution in [3.8, 4) is 0 Å². The number of rotatable bonds is 3.